The summed E-state index contributed by atoms with van der Waals surface area (Å²) in [5.41, 5.74) is 3.08. The smallest absolute Gasteiger partial charge is 0.335 e. The maximum absolute atomic E-state index is 11.3. The topological polar surface area (TPSA) is 82.5 Å². The number of fused-ring (bicyclic) bond motifs is 1. The summed E-state index contributed by atoms with van der Waals surface area (Å²) in [7, 11) is 1.97. The number of rotatable bonds is 5. The van der Waals surface area contributed by atoms with E-state index in [0.29, 0.717) is 16.9 Å². The Hall–Kier alpha value is -3.22. The molecule has 0 atom stereocenters. The first-order valence-electron chi connectivity index (χ1n) is 9.93. The Morgan fingerprint density at radius 2 is 1.86 bits per heavy atom. The number of carboxylic acid groups (broad SMARTS) is 1. The lowest BCUT2D eigenvalue weighted by atomic mass is 10.1. The lowest BCUT2D eigenvalue weighted by Crippen LogP contribution is -2.27. The zero-order chi connectivity index (χ0) is 20.5. The fourth-order valence-electron chi connectivity index (χ4n) is 3.52. The van der Waals surface area contributed by atoms with Gasteiger partial charge in [-0.1, -0.05) is 0 Å². The molecule has 0 bridgehead atoms. The molecule has 0 unspecified atom stereocenters. The van der Waals surface area contributed by atoms with Gasteiger partial charge >= 0.3 is 5.97 Å². The second kappa shape index (κ2) is 7.66. The number of carboxylic acids is 1. The zero-order valence-electron chi connectivity index (χ0n) is 17.0. The molecule has 1 aromatic carbocycles. The van der Waals surface area contributed by atoms with Crippen LogP contribution in [0.1, 0.15) is 37.0 Å². The molecule has 1 saturated heterocycles. The average Bonchev–Trinajstić information content (AvgIpc) is 3.26. The summed E-state index contributed by atoms with van der Waals surface area (Å²) in [5.74, 6) is 0.730. The summed E-state index contributed by atoms with van der Waals surface area (Å²) >= 11 is 0. The van der Waals surface area contributed by atoms with Crippen molar-refractivity contribution in [3.63, 3.8) is 0 Å². The van der Waals surface area contributed by atoms with Crippen molar-refractivity contribution in [1.29, 1.82) is 0 Å². The van der Waals surface area contributed by atoms with Gasteiger partial charge in [-0.05, 0) is 57.0 Å². The molecule has 150 valence electrons. The fourth-order valence-corrected chi connectivity index (χ4v) is 3.52. The van der Waals surface area contributed by atoms with Gasteiger partial charge in [-0.2, -0.15) is 0 Å². The molecular formula is C22H25N5O2. The Labute approximate surface area is 170 Å². The highest BCUT2D eigenvalue weighted by Crippen LogP contribution is 2.31. The quantitative estimate of drug-likeness (QED) is 0.708. The number of pyridine rings is 1. The molecule has 1 aliphatic heterocycles. The van der Waals surface area contributed by atoms with Crippen molar-refractivity contribution in [2.75, 3.05) is 29.9 Å². The minimum atomic E-state index is -0.974. The third-order valence-corrected chi connectivity index (χ3v) is 5.45. The van der Waals surface area contributed by atoms with Gasteiger partial charge in [0.05, 0.1) is 16.6 Å². The van der Waals surface area contributed by atoms with Crippen molar-refractivity contribution in [2.24, 2.45) is 0 Å². The summed E-state index contributed by atoms with van der Waals surface area (Å²) in [6, 6.07) is 9.13. The van der Waals surface area contributed by atoms with Crippen LogP contribution in [0.15, 0.2) is 36.5 Å². The zero-order valence-corrected chi connectivity index (χ0v) is 17.0. The molecule has 3 heterocycles. The molecule has 3 aromatic rings. The molecule has 0 spiro atoms. The van der Waals surface area contributed by atoms with Gasteiger partial charge in [0.2, 0.25) is 0 Å². The number of aromatic carboxylic acids is 1. The van der Waals surface area contributed by atoms with Gasteiger partial charge in [-0.15, -0.1) is 0 Å². The van der Waals surface area contributed by atoms with Gasteiger partial charge < -0.3 is 14.9 Å². The SMILES string of the molecule is CC(C)N(C)c1nc2cc(C(=O)O)ccc2nc1-c1ccc(N2CCCC2)nc1. The van der Waals surface area contributed by atoms with Crippen LogP contribution < -0.4 is 9.80 Å². The van der Waals surface area contributed by atoms with Crippen molar-refractivity contribution >= 4 is 28.6 Å². The van der Waals surface area contributed by atoms with E-state index in [0.717, 1.165) is 30.2 Å². The van der Waals surface area contributed by atoms with Crippen molar-refractivity contribution in [3.05, 3.63) is 42.1 Å². The minimum absolute atomic E-state index is 0.203. The van der Waals surface area contributed by atoms with Crippen molar-refractivity contribution in [3.8, 4) is 11.3 Å². The van der Waals surface area contributed by atoms with Crippen LogP contribution in [0.2, 0.25) is 0 Å². The number of benzene rings is 1. The van der Waals surface area contributed by atoms with Gasteiger partial charge in [0.25, 0.3) is 0 Å². The third kappa shape index (κ3) is 3.72. The van der Waals surface area contributed by atoms with Crippen LogP contribution >= 0.6 is 0 Å². The summed E-state index contributed by atoms with van der Waals surface area (Å²) < 4.78 is 0. The van der Waals surface area contributed by atoms with E-state index in [1.165, 1.54) is 12.8 Å². The van der Waals surface area contributed by atoms with E-state index < -0.39 is 5.97 Å². The molecule has 0 saturated carbocycles. The first kappa shape index (κ1) is 19.1. The van der Waals surface area contributed by atoms with E-state index in [1.807, 2.05) is 30.3 Å². The van der Waals surface area contributed by atoms with Gasteiger partial charge in [-0.25, -0.2) is 19.7 Å². The van der Waals surface area contributed by atoms with Gasteiger partial charge in [0, 0.05) is 37.9 Å². The summed E-state index contributed by atoms with van der Waals surface area (Å²) in [6.07, 6.45) is 4.27. The Bertz CT molecular complexity index is 1040. The highest BCUT2D eigenvalue weighted by molar-refractivity contribution is 5.93. The average molecular weight is 391 g/mol. The summed E-state index contributed by atoms with van der Waals surface area (Å²) in [4.78, 5) is 29.9. The maximum Gasteiger partial charge on any atom is 0.335 e. The number of hydrogen-bond donors (Lipinski definition) is 1. The van der Waals surface area contributed by atoms with E-state index in [2.05, 4.69) is 23.7 Å². The Balaban J connectivity index is 1.81. The van der Waals surface area contributed by atoms with Crippen LogP contribution in [0, 0.1) is 0 Å². The molecule has 0 aliphatic carbocycles. The standard InChI is InChI=1S/C22H25N5O2/c1-14(2)26(3)21-20(16-7-9-19(23-13-16)27-10-4-5-11-27)24-17-8-6-15(22(28)29)12-18(17)25-21/h6-9,12-14H,4-5,10-11H2,1-3H3,(H,28,29). The van der Waals surface area contributed by atoms with E-state index in [-0.39, 0.29) is 11.6 Å². The number of carbonyl (C=O) groups is 1. The molecular weight excluding hydrogens is 366 g/mol. The fraction of sp³-hybridized carbons (Fsp3) is 0.364. The summed E-state index contributed by atoms with van der Waals surface area (Å²) in [6.45, 7) is 6.26. The lowest BCUT2D eigenvalue weighted by Gasteiger charge is -2.25. The molecule has 1 N–H and O–H groups in total. The molecule has 2 aromatic heterocycles. The normalized spacial score (nSPS) is 14.0. The van der Waals surface area contributed by atoms with Crippen LogP contribution in [0.3, 0.4) is 0 Å². The van der Waals surface area contributed by atoms with Gasteiger partial charge in [0.15, 0.2) is 5.82 Å². The van der Waals surface area contributed by atoms with Crippen molar-refractivity contribution < 1.29 is 9.90 Å². The highest BCUT2D eigenvalue weighted by Gasteiger charge is 2.19. The van der Waals surface area contributed by atoms with E-state index in [9.17, 15) is 9.90 Å². The first-order chi connectivity index (χ1) is 13.9. The summed E-state index contributed by atoms with van der Waals surface area (Å²) in [5, 5.41) is 9.29. The molecule has 7 nitrogen and oxygen atoms in total. The van der Waals surface area contributed by atoms with E-state index >= 15 is 0 Å². The van der Waals surface area contributed by atoms with Crippen LogP contribution in [-0.4, -0.2) is 52.2 Å². The van der Waals surface area contributed by atoms with E-state index in [4.69, 9.17) is 9.97 Å². The number of nitrogens with zero attached hydrogens (tertiary/aromatic N) is 5. The minimum Gasteiger partial charge on any atom is -0.478 e. The van der Waals surface area contributed by atoms with Crippen molar-refractivity contribution in [1.82, 2.24) is 15.0 Å². The molecule has 1 aliphatic rings. The van der Waals surface area contributed by atoms with Crippen molar-refractivity contribution in [2.45, 2.75) is 32.7 Å². The predicted octanol–water partition coefficient (Wildman–Crippen LogP) is 3.83. The van der Waals surface area contributed by atoms with Gasteiger partial charge in [-0.3, -0.25) is 0 Å². The van der Waals surface area contributed by atoms with E-state index in [1.54, 1.807) is 18.2 Å². The van der Waals surface area contributed by atoms with Gasteiger partial charge in [0.1, 0.15) is 11.5 Å². The van der Waals surface area contributed by atoms with Crippen LogP contribution in [-0.2, 0) is 0 Å². The monoisotopic (exact) mass is 391 g/mol. The second-order valence-corrected chi connectivity index (χ2v) is 7.71. The number of hydrogen-bond acceptors (Lipinski definition) is 6. The van der Waals surface area contributed by atoms with Crippen LogP contribution in [0.5, 0.6) is 0 Å². The lowest BCUT2D eigenvalue weighted by molar-refractivity contribution is 0.0697. The molecule has 4 rings (SSSR count). The van der Waals surface area contributed by atoms with Crippen LogP contribution in [0.4, 0.5) is 11.6 Å². The number of anilines is 2. The third-order valence-electron chi connectivity index (χ3n) is 5.45. The molecule has 29 heavy (non-hydrogen) atoms. The molecule has 0 amide bonds. The second-order valence-electron chi connectivity index (χ2n) is 7.71. The Morgan fingerprint density at radius 1 is 1.10 bits per heavy atom. The molecule has 1 fully saturated rings. The first-order valence-corrected chi connectivity index (χ1v) is 9.93. The molecule has 7 heteroatoms. The van der Waals surface area contributed by atoms with Crippen LogP contribution in [0.25, 0.3) is 22.3 Å². The highest BCUT2D eigenvalue weighted by atomic mass is 16.4. The predicted molar refractivity (Wildman–Crippen MR) is 115 cm³/mol. The number of aromatic nitrogens is 3. The Morgan fingerprint density at radius 3 is 2.48 bits per heavy atom. The maximum atomic E-state index is 11.3. The largest absolute Gasteiger partial charge is 0.478 e. The Kier molecular flexibility index (Phi) is 5.05. The molecule has 0 radical (unpaired) electrons.